The van der Waals surface area contributed by atoms with Crippen LogP contribution in [0.2, 0.25) is 0 Å². The molecule has 1 aliphatic heterocycles. The number of hydrogen-bond donors (Lipinski definition) is 0. The second-order valence-electron chi connectivity index (χ2n) is 2.83. The first kappa shape index (κ1) is 7.86. The summed E-state index contributed by atoms with van der Waals surface area (Å²) in [6.45, 7) is 1.79. The summed E-state index contributed by atoms with van der Waals surface area (Å²) in [5.74, 6) is -0.247. The summed E-state index contributed by atoms with van der Waals surface area (Å²) < 4.78 is 0. The van der Waals surface area contributed by atoms with E-state index < -0.39 is 0 Å². The third kappa shape index (κ3) is 1.28. The first-order valence-corrected chi connectivity index (χ1v) is 4.01. The lowest BCUT2D eigenvalue weighted by Crippen LogP contribution is -1.94. The minimum atomic E-state index is -0.247. The van der Waals surface area contributed by atoms with Gasteiger partial charge < -0.3 is 0 Å². The van der Waals surface area contributed by atoms with Gasteiger partial charge in [-0.2, -0.15) is 5.11 Å². The van der Waals surface area contributed by atoms with Gasteiger partial charge in [0.1, 0.15) is 0 Å². The highest BCUT2D eigenvalue weighted by atomic mass is 16.2. The number of nitrogens with zero attached hydrogens (tertiary/aromatic N) is 2. The molecule has 2 rings (SSSR count). The van der Waals surface area contributed by atoms with Crippen molar-refractivity contribution >= 4 is 11.5 Å². The average Bonchev–Trinajstić information content (AvgIpc) is 2.48. The van der Waals surface area contributed by atoms with Crippen LogP contribution in [0.25, 0.3) is 5.57 Å². The van der Waals surface area contributed by atoms with E-state index in [1.165, 1.54) is 0 Å². The van der Waals surface area contributed by atoms with Gasteiger partial charge in [-0.1, -0.05) is 30.3 Å². The Bertz CT molecular complexity index is 404. The van der Waals surface area contributed by atoms with E-state index in [9.17, 15) is 4.79 Å². The topological polar surface area (TPSA) is 41.8 Å². The lowest BCUT2D eigenvalue weighted by molar-refractivity contribution is -0.112. The summed E-state index contributed by atoms with van der Waals surface area (Å²) in [5.41, 5.74) is 2.19. The van der Waals surface area contributed by atoms with Crippen LogP contribution in [0.5, 0.6) is 0 Å². The fraction of sp³-hybridized carbons (Fsp3) is 0.100. The number of benzene rings is 1. The van der Waals surface area contributed by atoms with Crippen LogP contribution in [0.1, 0.15) is 12.5 Å². The second kappa shape index (κ2) is 2.94. The molecule has 0 atom stereocenters. The predicted octanol–water partition coefficient (Wildman–Crippen LogP) is 2.41. The van der Waals surface area contributed by atoms with Crippen molar-refractivity contribution in [2.24, 2.45) is 10.2 Å². The van der Waals surface area contributed by atoms with Gasteiger partial charge in [0, 0.05) is 0 Å². The molecule has 0 unspecified atom stereocenters. The van der Waals surface area contributed by atoms with Crippen molar-refractivity contribution in [2.75, 3.05) is 0 Å². The summed E-state index contributed by atoms with van der Waals surface area (Å²) in [5, 5.41) is 7.22. The van der Waals surface area contributed by atoms with Crippen molar-refractivity contribution in [3.8, 4) is 0 Å². The van der Waals surface area contributed by atoms with Crippen LogP contribution in [0.4, 0.5) is 0 Å². The van der Waals surface area contributed by atoms with Gasteiger partial charge in [0.15, 0.2) is 0 Å². The number of amides is 1. The SMILES string of the molecule is CC1=C(c2ccccc2)C(=O)N=N1. The van der Waals surface area contributed by atoms with Crippen LogP contribution < -0.4 is 0 Å². The summed E-state index contributed by atoms with van der Waals surface area (Å²) in [6, 6.07) is 9.45. The Labute approximate surface area is 75.8 Å². The summed E-state index contributed by atoms with van der Waals surface area (Å²) in [6.07, 6.45) is 0. The van der Waals surface area contributed by atoms with Crippen LogP contribution in [-0.2, 0) is 4.79 Å². The molecule has 0 fully saturated rings. The first-order chi connectivity index (χ1) is 6.29. The number of carbonyl (C=O) groups is 1. The van der Waals surface area contributed by atoms with Crippen molar-refractivity contribution < 1.29 is 4.79 Å². The first-order valence-electron chi connectivity index (χ1n) is 4.01. The number of rotatable bonds is 1. The fourth-order valence-electron chi connectivity index (χ4n) is 1.31. The highest BCUT2D eigenvalue weighted by molar-refractivity contribution is 6.21. The highest BCUT2D eigenvalue weighted by Crippen LogP contribution is 2.25. The van der Waals surface area contributed by atoms with E-state index >= 15 is 0 Å². The van der Waals surface area contributed by atoms with Gasteiger partial charge in [0.25, 0.3) is 5.91 Å². The Morgan fingerprint density at radius 2 is 1.77 bits per heavy atom. The molecule has 13 heavy (non-hydrogen) atoms. The molecule has 0 aliphatic carbocycles. The molecule has 3 nitrogen and oxygen atoms in total. The molecule has 1 heterocycles. The standard InChI is InChI=1S/C10H8N2O/c1-7-9(10(13)12-11-7)8-5-3-2-4-6-8/h2-6H,1H3. The molecule has 3 heteroatoms. The van der Waals surface area contributed by atoms with E-state index in [2.05, 4.69) is 10.2 Å². The van der Waals surface area contributed by atoms with Gasteiger partial charge in [-0.3, -0.25) is 4.79 Å². The quantitative estimate of drug-likeness (QED) is 0.641. The Balaban J connectivity index is 2.50. The summed E-state index contributed by atoms with van der Waals surface area (Å²) >= 11 is 0. The molecule has 1 aliphatic rings. The van der Waals surface area contributed by atoms with Crippen molar-refractivity contribution in [2.45, 2.75) is 6.92 Å². The molecule has 0 N–H and O–H groups in total. The third-order valence-corrected chi connectivity index (χ3v) is 1.93. The largest absolute Gasteiger partial charge is 0.297 e. The third-order valence-electron chi connectivity index (χ3n) is 1.93. The highest BCUT2D eigenvalue weighted by Gasteiger charge is 2.19. The smallest absolute Gasteiger partial charge is 0.265 e. The monoisotopic (exact) mass is 172 g/mol. The summed E-state index contributed by atoms with van der Waals surface area (Å²) in [7, 11) is 0. The van der Waals surface area contributed by atoms with E-state index in [0.717, 1.165) is 5.56 Å². The molecule has 0 aromatic heterocycles. The Morgan fingerprint density at radius 1 is 1.08 bits per heavy atom. The lowest BCUT2D eigenvalue weighted by Gasteiger charge is -1.98. The van der Waals surface area contributed by atoms with Gasteiger partial charge in [0.2, 0.25) is 0 Å². The molecule has 0 saturated carbocycles. The van der Waals surface area contributed by atoms with Gasteiger partial charge in [-0.25, -0.2) is 0 Å². The summed E-state index contributed by atoms with van der Waals surface area (Å²) in [4.78, 5) is 11.3. The van der Waals surface area contributed by atoms with Crippen molar-refractivity contribution in [3.05, 3.63) is 41.6 Å². The molecule has 0 spiro atoms. The van der Waals surface area contributed by atoms with Crippen LogP contribution >= 0.6 is 0 Å². The number of hydrogen-bond acceptors (Lipinski definition) is 2. The Hall–Kier alpha value is -1.77. The second-order valence-corrected chi connectivity index (χ2v) is 2.83. The van der Waals surface area contributed by atoms with Gasteiger partial charge in [-0.05, 0) is 12.5 Å². The fourth-order valence-corrected chi connectivity index (χ4v) is 1.31. The van der Waals surface area contributed by atoms with E-state index in [0.29, 0.717) is 11.3 Å². The van der Waals surface area contributed by atoms with Crippen molar-refractivity contribution in [1.82, 2.24) is 0 Å². The molecular formula is C10H8N2O. The zero-order valence-electron chi connectivity index (χ0n) is 7.19. The van der Waals surface area contributed by atoms with E-state index in [4.69, 9.17) is 0 Å². The molecule has 0 saturated heterocycles. The molecule has 1 aromatic rings. The lowest BCUT2D eigenvalue weighted by atomic mass is 10.0. The van der Waals surface area contributed by atoms with Crippen LogP contribution in [0.3, 0.4) is 0 Å². The van der Waals surface area contributed by atoms with E-state index in [-0.39, 0.29) is 5.91 Å². The zero-order chi connectivity index (χ0) is 9.26. The van der Waals surface area contributed by atoms with Crippen LogP contribution in [-0.4, -0.2) is 5.91 Å². The molecule has 64 valence electrons. The van der Waals surface area contributed by atoms with E-state index in [1.807, 2.05) is 30.3 Å². The normalized spacial score (nSPS) is 15.6. The maximum absolute atomic E-state index is 11.3. The number of carbonyl (C=O) groups excluding carboxylic acids is 1. The minimum Gasteiger partial charge on any atom is -0.265 e. The van der Waals surface area contributed by atoms with Crippen molar-refractivity contribution in [3.63, 3.8) is 0 Å². The molecule has 0 bridgehead atoms. The van der Waals surface area contributed by atoms with E-state index in [1.54, 1.807) is 6.92 Å². The van der Waals surface area contributed by atoms with Crippen LogP contribution in [0.15, 0.2) is 46.3 Å². The Morgan fingerprint density at radius 3 is 2.31 bits per heavy atom. The van der Waals surface area contributed by atoms with Crippen LogP contribution in [0, 0.1) is 0 Å². The van der Waals surface area contributed by atoms with Gasteiger partial charge in [-0.15, -0.1) is 5.11 Å². The average molecular weight is 172 g/mol. The Kier molecular flexibility index (Phi) is 1.77. The number of azo groups is 1. The maximum Gasteiger partial charge on any atom is 0.297 e. The zero-order valence-corrected chi connectivity index (χ0v) is 7.19. The predicted molar refractivity (Wildman–Crippen MR) is 48.9 cm³/mol. The van der Waals surface area contributed by atoms with Crippen molar-refractivity contribution in [1.29, 1.82) is 0 Å². The minimum absolute atomic E-state index is 0.247. The molecule has 1 aromatic carbocycles. The number of allylic oxidation sites excluding steroid dienone is 1. The maximum atomic E-state index is 11.3. The van der Waals surface area contributed by atoms with Gasteiger partial charge in [0.05, 0.1) is 11.3 Å². The molecular weight excluding hydrogens is 164 g/mol. The van der Waals surface area contributed by atoms with Gasteiger partial charge >= 0.3 is 0 Å². The molecule has 1 amide bonds. The molecule has 0 radical (unpaired) electrons.